The maximum Gasteiger partial charge on any atom is 0.338 e. The number of hydrogen-bond donors (Lipinski definition) is 0. The molecule has 0 aliphatic carbocycles. The molecule has 4 rings (SSSR count). The molecule has 7 nitrogen and oxygen atoms in total. The van der Waals surface area contributed by atoms with E-state index in [2.05, 4.69) is 5.16 Å². The summed E-state index contributed by atoms with van der Waals surface area (Å²) in [4.78, 5) is 12.4. The van der Waals surface area contributed by atoms with Gasteiger partial charge < -0.3 is 9.26 Å². The molecule has 156 valence electrons. The summed E-state index contributed by atoms with van der Waals surface area (Å²) in [7, 11) is -3.75. The first-order valence-electron chi connectivity index (χ1n) is 9.43. The van der Waals surface area contributed by atoms with E-state index in [1.807, 2.05) is 30.3 Å². The molecular weight excluding hydrogens is 428 g/mol. The van der Waals surface area contributed by atoms with E-state index in [4.69, 9.17) is 20.9 Å². The third kappa shape index (κ3) is 4.26. The first kappa shape index (κ1) is 20.6. The van der Waals surface area contributed by atoms with Crippen LogP contribution in [0, 0.1) is 0 Å². The molecule has 1 aliphatic heterocycles. The van der Waals surface area contributed by atoms with Crippen molar-refractivity contribution < 1.29 is 22.5 Å². The summed E-state index contributed by atoms with van der Waals surface area (Å²) >= 11 is 6.12. The standard InChI is InChI=1S/C21H19ClN2O5S/c22-18-9-8-16(12-20(18)30(26,27)24-10-4-5-11-24)21(25)28-14-17-13-19(23-29-17)15-6-2-1-3-7-15/h1-3,6-9,12-13H,4-5,10-11,14H2. The molecule has 0 spiro atoms. The molecule has 0 bridgehead atoms. The highest BCUT2D eigenvalue weighted by atomic mass is 35.5. The Hall–Kier alpha value is -2.68. The number of rotatable bonds is 6. The molecule has 1 aromatic heterocycles. The predicted molar refractivity (Wildman–Crippen MR) is 111 cm³/mol. The van der Waals surface area contributed by atoms with Gasteiger partial charge in [-0.3, -0.25) is 0 Å². The van der Waals surface area contributed by atoms with Gasteiger partial charge in [-0.2, -0.15) is 4.31 Å². The highest BCUT2D eigenvalue weighted by Crippen LogP contribution is 2.28. The highest BCUT2D eigenvalue weighted by Gasteiger charge is 2.30. The predicted octanol–water partition coefficient (Wildman–Crippen LogP) is 4.14. The van der Waals surface area contributed by atoms with Crippen molar-refractivity contribution in [2.45, 2.75) is 24.3 Å². The molecule has 0 radical (unpaired) electrons. The van der Waals surface area contributed by atoms with Crippen LogP contribution in [0.4, 0.5) is 0 Å². The average Bonchev–Trinajstić information content (AvgIpc) is 3.45. The number of benzene rings is 2. The van der Waals surface area contributed by atoms with Crippen molar-refractivity contribution in [2.24, 2.45) is 0 Å². The molecule has 0 amide bonds. The van der Waals surface area contributed by atoms with Crippen LogP contribution in [0.25, 0.3) is 11.3 Å². The zero-order chi connectivity index (χ0) is 21.1. The fourth-order valence-corrected chi connectivity index (χ4v) is 5.26. The van der Waals surface area contributed by atoms with Crippen molar-refractivity contribution in [3.05, 3.63) is 70.9 Å². The van der Waals surface area contributed by atoms with Crippen molar-refractivity contribution in [2.75, 3.05) is 13.1 Å². The van der Waals surface area contributed by atoms with E-state index in [1.54, 1.807) is 6.07 Å². The fourth-order valence-electron chi connectivity index (χ4n) is 3.24. The van der Waals surface area contributed by atoms with Crippen molar-refractivity contribution in [1.29, 1.82) is 0 Å². The third-order valence-electron chi connectivity index (χ3n) is 4.82. The van der Waals surface area contributed by atoms with Crippen LogP contribution in [-0.4, -0.2) is 36.9 Å². The Morgan fingerprint density at radius 1 is 1.10 bits per heavy atom. The summed E-state index contributed by atoms with van der Waals surface area (Å²) < 4.78 is 37.5. The second-order valence-electron chi connectivity index (χ2n) is 6.88. The minimum Gasteiger partial charge on any atom is -0.454 e. The molecule has 0 unspecified atom stereocenters. The second-order valence-corrected chi connectivity index (χ2v) is 9.19. The molecule has 1 fully saturated rings. The van der Waals surface area contributed by atoms with Gasteiger partial charge in [-0.1, -0.05) is 47.1 Å². The first-order chi connectivity index (χ1) is 14.4. The van der Waals surface area contributed by atoms with E-state index in [0.717, 1.165) is 18.4 Å². The van der Waals surface area contributed by atoms with Crippen LogP contribution in [0.15, 0.2) is 64.0 Å². The molecular formula is C21H19ClN2O5S. The van der Waals surface area contributed by atoms with Gasteiger partial charge >= 0.3 is 5.97 Å². The van der Waals surface area contributed by atoms with Gasteiger partial charge in [-0.05, 0) is 31.0 Å². The Morgan fingerprint density at radius 3 is 2.57 bits per heavy atom. The number of aromatic nitrogens is 1. The Balaban J connectivity index is 1.47. The number of sulfonamides is 1. The maximum absolute atomic E-state index is 12.8. The average molecular weight is 447 g/mol. The van der Waals surface area contributed by atoms with Gasteiger partial charge in [0.15, 0.2) is 12.4 Å². The highest BCUT2D eigenvalue weighted by molar-refractivity contribution is 7.89. The topological polar surface area (TPSA) is 89.7 Å². The van der Waals surface area contributed by atoms with Crippen LogP contribution < -0.4 is 0 Å². The van der Waals surface area contributed by atoms with E-state index >= 15 is 0 Å². The van der Waals surface area contributed by atoms with E-state index in [9.17, 15) is 13.2 Å². The van der Waals surface area contributed by atoms with E-state index in [1.165, 1.54) is 22.5 Å². The maximum atomic E-state index is 12.8. The number of carbonyl (C=O) groups excluding carboxylic acids is 1. The Morgan fingerprint density at radius 2 is 1.83 bits per heavy atom. The van der Waals surface area contributed by atoms with Gasteiger partial charge in [0.25, 0.3) is 0 Å². The van der Waals surface area contributed by atoms with Crippen LogP contribution in [0.1, 0.15) is 29.0 Å². The fraction of sp³-hybridized carbons (Fsp3) is 0.238. The normalized spacial score (nSPS) is 14.7. The van der Waals surface area contributed by atoms with Gasteiger partial charge in [0.1, 0.15) is 10.6 Å². The van der Waals surface area contributed by atoms with Gasteiger partial charge in [-0.25, -0.2) is 13.2 Å². The molecule has 3 aromatic rings. The lowest BCUT2D eigenvalue weighted by molar-refractivity contribution is 0.0437. The quantitative estimate of drug-likeness (QED) is 0.529. The summed E-state index contributed by atoms with van der Waals surface area (Å²) in [6.07, 6.45) is 1.61. The van der Waals surface area contributed by atoms with Crippen LogP contribution in [0.3, 0.4) is 0 Å². The number of esters is 1. The summed E-state index contributed by atoms with van der Waals surface area (Å²) in [5.41, 5.74) is 1.61. The van der Waals surface area contributed by atoms with Crippen molar-refractivity contribution in [1.82, 2.24) is 9.46 Å². The molecule has 0 atom stereocenters. The molecule has 9 heteroatoms. The van der Waals surface area contributed by atoms with Crippen LogP contribution in [-0.2, 0) is 21.4 Å². The van der Waals surface area contributed by atoms with E-state index in [-0.39, 0.29) is 22.1 Å². The number of halogens is 1. The van der Waals surface area contributed by atoms with Crippen LogP contribution >= 0.6 is 11.6 Å². The smallest absolute Gasteiger partial charge is 0.338 e. The van der Waals surface area contributed by atoms with Crippen LogP contribution in [0.2, 0.25) is 5.02 Å². The lowest BCUT2D eigenvalue weighted by atomic mass is 10.1. The van der Waals surface area contributed by atoms with Gasteiger partial charge in [0, 0.05) is 24.7 Å². The number of ether oxygens (including phenoxy) is 1. The first-order valence-corrected chi connectivity index (χ1v) is 11.2. The zero-order valence-electron chi connectivity index (χ0n) is 16.0. The molecule has 1 aliphatic rings. The minimum atomic E-state index is -3.75. The Labute approximate surface area is 179 Å². The molecule has 0 saturated carbocycles. The summed E-state index contributed by atoms with van der Waals surface area (Å²) in [6, 6.07) is 15.2. The second kappa shape index (κ2) is 8.59. The van der Waals surface area contributed by atoms with Crippen LogP contribution in [0.5, 0.6) is 0 Å². The van der Waals surface area contributed by atoms with Gasteiger partial charge in [0.05, 0.1) is 10.6 Å². The molecule has 30 heavy (non-hydrogen) atoms. The monoisotopic (exact) mass is 446 g/mol. The third-order valence-corrected chi connectivity index (χ3v) is 7.20. The van der Waals surface area contributed by atoms with Gasteiger partial charge in [-0.15, -0.1) is 0 Å². The largest absolute Gasteiger partial charge is 0.454 e. The van der Waals surface area contributed by atoms with Gasteiger partial charge in [0.2, 0.25) is 10.0 Å². The van der Waals surface area contributed by atoms with Crippen molar-refractivity contribution in [3.63, 3.8) is 0 Å². The lowest BCUT2D eigenvalue weighted by Crippen LogP contribution is -2.28. The molecule has 2 aromatic carbocycles. The molecule has 2 heterocycles. The number of carbonyl (C=O) groups is 1. The van der Waals surface area contributed by atoms with Crippen molar-refractivity contribution >= 4 is 27.6 Å². The minimum absolute atomic E-state index is 0.0705. The number of nitrogens with zero attached hydrogens (tertiary/aromatic N) is 2. The molecule has 1 saturated heterocycles. The Bertz CT molecular complexity index is 1160. The van der Waals surface area contributed by atoms with E-state index < -0.39 is 16.0 Å². The SMILES string of the molecule is O=C(OCc1cc(-c2ccccc2)no1)c1ccc(Cl)c(S(=O)(=O)N2CCCC2)c1. The van der Waals surface area contributed by atoms with Crippen molar-refractivity contribution in [3.8, 4) is 11.3 Å². The number of hydrogen-bond acceptors (Lipinski definition) is 6. The molecule has 0 N–H and O–H groups in total. The zero-order valence-corrected chi connectivity index (χ0v) is 17.5. The summed E-state index contributed by atoms with van der Waals surface area (Å²) in [6.45, 7) is 0.765. The summed E-state index contributed by atoms with van der Waals surface area (Å²) in [5, 5.41) is 4.04. The summed E-state index contributed by atoms with van der Waals surface area (Å²) in [5.74, 6) is -0.303. The Kier molecular flexibility index (Phi) is 5.90. The van der Waals surface area contributed by atoms with E-state index in [0.29, 0.717) is 24.5 Å². The lowest BCUT2D eigenvalue weighted by Gasteiger charge is -2.17.